The lowest BCUT2D eigenvalue weighted by molar-refractivity contribution is 0.482. The van der Waals surface area contributed by atoms with Crippen molar-refractivity contribution in [3.63, 3.8) is 0 Å². The van der Waals surface area contributed by atoms with Crippen LogP contribution < -0.4 is 0 Å². The van der Waals surface area contributed by atoms with E-state index >= 15 is 0 Å². The molecule has 0 radical (unpaired) electrons. The molecule has 1 rings (SSSR count). The van der Waals surface area contributed by atoms with Gasteiger partial charge >= 0.3 is 0 Å². The smallest absolute Gasteiger partial charge is 0.0101 e. The van der Waals surface area contributed by atoms with Crippen LogP contribution in [0.25, 0.3) is 0 Å². The maximum Gasteiger partial charge on any atom is 0.0101 e. The molecule has 0 amide bonds. The van der Waals surface area contributed by atoms with E-state index in [2.05, 4.69) is 38.3 Å². The van der Waals surface area contributed by atoms with Crippen LogP contribution in [-0.2, 0) is 5.41 Å². The quantitative estimate of drug-likeness (QED) is 0.643. The van der Waals surface area contributed by atoms with E-state index in [0.29, 0.717) is 5.41 Å². The number of hydrogen-bond donors (Lipinski definition) is 0. The van der Waals surface area contributed by atoms with Gasteiger partial charge in [0.05, 0.1) is 0 Å². The van der Waals surface area contributed by atoms with Gasteiger partial charge < -0.3 is 0 Å². The predicted molar refractivity (Wildman–Crippen MR) is 52.3 cm³/mol. The zero-order valence-electron chi connectivity index (χ0n) is 7.55. The molecule has 1 aromatic heterocycles. The van der Waals surface area contributed by atoms with E-state index in [9.17, 15) is 0 Å². The fraction of sp³-hybridized carbons (Fsp3) is 0.600. The van der Waals surface area contributed by atoms with E-state index in [1.54, 1.807) is 0 Å². The first-order valence-corrected chi connectivity index (χ1v) is 5.09. The van der Waals surface area contributed by atoms with Gasteiger partial charge in [0.15, 0.2) is 0 Å². The monoisotopic (exact) mass is 168 g/mol. The van der Waals surface area contributed by atoms with Crippen molar-refractivity contribution in [1.29, 1.82) is 0 Å². The Morgan fingerprint density at radius 1 is 1.45 bits per heavy atom. The molecule has 1 heterocycles. The lowest BCUT2D eigenvalue weighted by atomic mass is 9.86. The third-order valence-electron chi connectivity index (χ3n) is 2.06. The van der Waals surface area contributed by atoms with Crippen LogP contribution in [0.5, 0.6) is 0 Å². The van der Waals surface area contributed by atoms with Crippen LogP contribution in [0.15, 0.2) is 17.5 Å². The molecule has 0 spiro atoms. The zero-order valence-corrected chi connectivity index (χ0v) is 8.37. The van der Waals surface area contributed by atoms with Crippen molar-refractivity contribution in [2.45, 2.75) is 39.0 Å². The molecule has 0 unspecified atom stereocenters. The van der Waals surface area contributed by atoms with Gasteiger partial charge in [-0.05, 0) is 23.3 Å². The van der Waals surface area contributed by atoms with E-state index < -0.39 is 0 Å². The summed E-state index contributed by atoms with van der Waals surface area (Å²) in [6.07, 6.45) is 2.55. The van der Waals surface area contributed by atoms with Crippen molar-refractivity contribution in [3.05, 3.63) is 22.4 Å². The summed E-state index contributed by atoms with van der Waals surface area (Å²) in [4.78, 5) is 1.51. The van der Waals surface area contributed by atoms with Gasteiger partial charge in [0, 0.05) is 4.88 Å². The molecule has 0 aliphatic carbocycles. The van der Waals surface area contributed by atoms with Crippen molar-refractivity contribution in [1.82, 2.24) is 0 Å². The van der Waals surface area contributed by atoms with Gasteiger partial charge in [-0.2, -0.15) is 0 Å². The van der Waals surface area contributed by atoms with Crippen LogP contribution in [0.2, 0.25) is 0 Å². The molecule has 1 heteroatoms. The average Bonchev–Trinajstić information content (AvgIpc) is 2.37. The highest BCUT2D eigenvalue weighted by Gasteiger charge is 2.19. The summed E-state index contributed by atoms with van der Waals surface area (Å²) >= 11 is 1.87. The maximum absolute atomic E-state index is 2.32. The Morgan fingerprint density at radius 3 is 2.64 bits per heavy atom. The highest BCUT2D eigenvalue weighted by molar-refractivity contribution is 7.10. The standard InChI is InChI=1S/C10H16S/c1-4-7-10(2,3)9-6-5-8-11-9/h5-6,8H,4,7H2,1-3H3. The summed E-state index contributed by atoms with van der Waals surface area (Å²) in [7, 11) is 0. The predicted octanol–water partition coefficient (Wildman–Crippen LogP) is 3.83. The fourth-order valence-corrected chi connectivity index (χ4v) is 2.29. The minimum Gasteiger partial charge on any atom is -0.148 e. The number of hydrogen-bond acceptors (Lipinski definition) is 1. The first kappa shape index (κ1) is 8.79. The minimum atomic E-state index is 0.392. The second-order valence-corrected chi connectivity index (χ2v) is 4.56. The van der Waals surface area contributed by atoms with Gasteiger partial charge in [-0.3, -0.25) is 0 Å². The molecule has 11 heavy (non-hydrogen) atoms. The van der Waals surface area contributed by atoms with Gasteiger partial charge in [0.1, 0.15) is 0 Å². The molecule has 0 aliphatic rings. The largest absolute Gasteiger partial charge is 0.148 e. The highest BCUT2D eigenvalue weighted by Crippen LogP contribution is 2.31. The molecule has 0 fully saturated rings. The third-order valence-corrected chi connectivity index (χ3v) is 3.30. The van der Waals surface area contributed by atoms with Crippen LogP contribution >= 0.6 is 11.3 Å². The lowest BCUT2D eigenvalue weighted by Gasteiger charge is -2.21. The third kappa shape index (κ3) is 2.06. The molecule has 0 N–H and O–H groups in total. The van der Waals surface area contributed by atoms with Crippen LogP contribution in [0.1, 0.15) is 38.5 Å². The van der Waals surface area contributed by atoms with Crippen molar-refractivity contribution >= 4 is 11.3 Å². The molecule has 0 nitrogen and oxygen atoms in total. The Bertz CT molecular complexity index is 197. The van der Waals surface area contributed by atoms with E-state index in [1.807, 2.05) is 11.3 Å². The van der Waals surface area contributed by atoms with Crippen LogP contribution in [0.4, 0.5) is 0 Å². The van der Waals surface area contributed by atoms with Crippen molar-refractivity contribution < 1.29 is 0 Å². The summed E-state index contributed by atoms with van der Waals surface area (Å²) < 4.78 is 0. The molecule has 62 valence electrons. The van der Waals surface area contributed by atoms with E-state index in [0.717, 1.165) is 0 Å². The van der Waals surface area contributed by atoms with Gasteiger partial charge in [0.2, 0.25) is 0 Å². The summed E-state index contributed by atoms with van der Waals surface area (Å²) in [6, 6.07) is 4.37. The SMILES string of the molecule is CCCC(C)(C)c1cccs1. The summed E-state index contributed by atoms with van der Waals surface area (Å²) in [5.41, 5.74) is 0.392. The Labute approximate surface area is 73.3 Å². The summed E-state index contributed by atoms with van der Waals surface area (Å²) in [5, 5.41) is 2.16. The Balaban J connectivity index is 2.73. The Morgan fingerprint density at radius 2 is 2.18 bits per heavy atom. The van der Waals surface area contributed by atoms with E-state index in [1.165, 1.54) is 17.7 Å². The fourth-order valence-electron chi connectivity index (χ4n) is 1.41. The first-order chi connectivity index (χ1) is 5.17. The highest BCUT2D eigenvalue weighted by atomic mass is 32.1. The molecule has 0 saturated carbocycles. The molecule has 0 aliphatic heterocycles. The number of thiophene rings is 1. The second-order valence-electron chi connectivity index (χ2n) is 3.61. The lowest BCUT2D eigenvalue weighted by Crippen LogP contribution is -2.14. The normalized spacial score (nSPS) is 11.9. The second kappa shape index (κ2) is 3.40. The van der Waals surface area contributed by atoms with E-state index in [-0.39, 0.29) is 0 Å². The zero-order chi connectivity index (χ0) is 8.32. The van der Waals surface area contributed by atoms with E-state index in [4.69, 9.17) is 0 Å². The summed E-state index contributed by atoms with van der Waals surface area (Å²) in [5.74, 6) is 0. The molecule has 1 aromatic rings. The molecule has 0 saturated heterocycles. The van der Waals surface area contributed by atoms with Crippen LogP contribution in [-0.4, -0.2) is 0 Å². The van der Waals surface area contributed by atoms with Crippen LogP contribution in [0.3, 0.4) is 0 Å². The molecule has 0 bridgehead atoms. The summed E-state index contributed by atoms with van der Waals surface area (Å²) in [6.45, 7) is 6.89. The Hall–Kier alpha value is -0.300. The van der Waals surface area contributed by atoms with Gasteiger partial charge in [0.25, 0.3) is 0 Å². The molecule has 0 aromatic carbocycles. The maximum atomic E-state index is 2.32. The minimum absolute atomic E-state index is 0.392. The Kier molecular flexibility index (Phi) is 2.72. The van der Waals surface area contributed by atoms with Gasteiger partial charge in [-0.1, -0.05) is 33.3 Å². The van der Waals surface area contributed by atoms with Gasteiger partial charge in [-0.15, -0.1) is 11.3 Å². The van der Waals surface area contributed by atoms with Crippen molar-refractivity contribution in [2.24, 2.45) is 0 Å². The van der Waals surface area contributed by atoms with Crippen molar-refractivity contribution in [3.8, 4) is 0 Å². The molecule has 0 atom stereocenters. The number of rotatable bonds is 3. The van der Waals surface area contributed by atoms with Gasteiger partial charge in [-0.25, -0.2) is 0 Å². The topological polar surface area (TPSA) is 0 Å². The average molecular weight is 168 g/mol. The van der Waals surface area contributed by atoms with Crippen LogP contribution in [0, 0.1) is 0 Å². The first-order valence-electron chi connectivity index (χ1n) is 4.21. The van der Waals surface area contributed by atoms with Crippen molar-refractivity contribution in [2.75, 3.05) is 0 Å². The molecular formula is C10H16S. The molecular weight excluding hydrogens is 152 g/mol.